The second-order valence-electron chi connectivity index (χ2n) is 5.24. The first-order valence-corrected chi connectivity index (χ1v) is 8.04. The molecule has 19 heavy (non-hydrogen) atoms. The Morgan fingerprint density at radius 2 is 2.05 bits per heavy atom. The van der Waals surface area contributed by atoms with Crippen LogP contribution in [0.1, 0.15) is 39.2 Å². The first-order valence-electron chi connectivity index (χ1n) is 7.25. The number of aryl methyl sites for hydroxylation is 1. The third kappa shape index (κ3) is 6.98. The van der Waals surface area contributed by atoms with E-state index in [9.17, 15) is 0 Å². The summed E-state index contributed by atoms with van der Waals surface area (Å²) in [6, 6.07) is 6.28. The minimum absolute atomic E-state index is 0.716. The Hall–Kier alpha value is -0.540. The summed E-state index contributed by atoms with van der Waals surface area (Å²) in [7, 11) is 0. The van der Waals surface area contributed by atoms with E-state index in [-0.39, 0.29) is 0 Å². The second kappa shape index (κ2) is 9.38. The van der Waals surface area contributed by atoms with Gasteiger partial charge in [-0.2, -0.15) is 0 Å². The van der Waals surface area contributed by atoms with Gasteiger partial charge in [-0.3, -0.25) is 0 Å². The predicted molar refractivity (Wildman–Crippen MR) is 86.0 cm³/mol. The molecule has 0 atom stereocenters. The largest absolute Gasteiger partial charge is 0.494 e. The summed E-state index contributed by atoms with van der Waals surface area (Å²) >= 11 is 3.62. The Morgan fingerprint density at radius 1 is 1.26 bits per heavy atom. The van der Waals surface area contributed by atoms with Gasteiger partial charge in [0.05, 0.1) is 6.61 Å². The van der Waals surface area contributed by atoms with Crippen molar-refractivity contribution in [1.29, 1.82) is 0 Å². The van der Waals surface area contributed by atoms with Crippen LogP contribution in [0.5, 0.6) is 5.75 Å². The maximum atomic E-state index is 5.48. The van der Waals surface area contributed by atoms with E-state index in [0.29, 0.717) is 6.61 Å². The molecular formula is C16H26BrNO. The summed E-state index contributed by atoms with van der Waals surface area (Å²) in [5.41, 5.74) is 1.37. The topological polar surface area (TPSA) is 21.3 Å². The molecule has 1 rings (SSSR count). The lowest BCUT2D eigenvalue weighted by molar-refractivity contribution is 0.340. The Balaban J connectivity index is 2.25. The lowest BCUT2D eigenvalue weighted by Gasteiger charge is -2.09. The summed E-state index contributed by atoms with van der Waals surface area (Å²) < 4.78 is 6.64. The Bertz CT molecular complexity index is 366. The van der Waals surface area contributed by atoms with E-state index in [1.807, 2.05) is 6.92 Å². The van der Waals surface area contributed by atoms with E-state index >= 15 is 0 Å². The third-order valence-corrected chi connectivity index (χ3v) is 3.68. The van der Waals surface area contributed by atoms with E-state index in [1.165, 1.54) is 18.4 Å². The molecule has 0 saturated heterocycles. The number of unbranched alkanes of at least 4 members (excludes halogenated alkanes) is 1. The Kier molecular flexibility index (Phi) is 8.15. The average Bonchev–Trinajstić information content (AvgIpc) is 2.36. The minimum Gasteiger partial charge on any atom is -0.494 e. The molecule has 0 aliphatic carbocycles. The molecule has 0 aromatic heterocycles. The summed E-state index contributed by atoms with van der Waals surface area (Å²) in [5, 5.41) is 3.48. The molecule has 1 N–H and O–H groups in total. The molecule has 2 nitrogen and oxygen atoms in total. The van der Waals surface area contributed by atoms with E-state index in [1.54, 1.807) is 0 Å². The summed E-state index contributed by atoms with van der Waals surface area (Å²) in [6.45, 7) is 9.44. The normalized spacial score (nSPS) is 11.0. The average molecular weight is 328 g/mol. The van der Waals surface area contributed by atoms with Crippen LogP contribution in [-0.4, -0.2) is 19.7 Å². The molecule has 1 aromatic carbocycles. The molecule has 1 aromatic rings. The molecule has 0 aliphatic rings. The number of benzene rings is 1. The molecule has 0 amide bonds. The molecule has 3 heteroatoms. The van der Waals surface area contributed by atoms with Gasteiger partial charge in [0.25, 0.3) is 0 Å². The van der Waals surface area contributed by atoms with Crippen LogP contribution in [0.4, 0.5) is 0 Å². The fourth-order valence-corrected chi connectivity index (χ4v) is 2.50. The number of hydrogen-bond donors (Lipinski definition) is 1. The standard InChI is InChI=1S/C16H26BrNO/c1-4-19-15-9-8-14(16(17)11-15)7-5-6-10-18-12-13(2)3/h8-9,11,13,18H,4-7,10,12H2,1-3H3. The van der Waals surface area contributed by atoms with E-state index < -0.39 is 0 Å². The highest BCUT2D eigenvalue weighted by molar-refractivity contribution is 9.10. The quantitative estimate of drug-likeness (QED) is 0.678. The van der Waals surface area contributed by atoms with Crippen molar-refractivity contribution in [3.05, 3.63) is 28.2 Å². The van der Waals surface area contributed by atoms with Crippen LogP contribution in [0.25, 0.3) is 0 Å². The molecular weight excluding hydrogens is 302 g/mol. The van der Waals surface area contributed by atoms with Gasteiger partial charge in [0.15, 0.2) is 0 Å². The number of nitrogens with one attached hydrogen (secondary N) is 1. The van der Waals surface area contributed by atoms with Crippen LogP contribution in [0.3, 0.4) is 0 Å². The first kappa shape index (κ1) is 16.5. The van der Waals surface area contributed by atoms with Crippen LogP contribution >= 0.6 is 15.9 Å². The monoisotopic (exact) mass is 327 g/mol. The molecule has 0 bridgehead atoms. The highest BCUT2D eigenvalue weighted by Gasteiger charge is 2.02. The van der Waals surface area contributed by atoms with Gasteiger partial charge in [0.2, 0.25) is 0 Å². The van der Waals surface area contributed by atoms with E-state index in [4.69, 9.17) is 4.74 Å². The zero-order valence-corrected chi connectivity index (χ0v) is 13.9. The smallest absolute Gasteiger partial charge is 0.120 e. The molecule has 0 heterocycles. The molecule has 0 saturated carbocycles. The molecule has 0 radical (unpaired) electrons. The fourth-order valence-electron chi connectivity index (χ4n) is 1.94. The van der Waals surface area contributed by atoms with Gasteiger partial charge in [0, 0.05) is 4.47 Å². The third-order valence-electron chi connectivity index (χ3n) is 2.94. The SMILES string of the molecule is CCOc1ccc(CCCCNCC(C)C)c(Br)c1. The van der Waals surface area contributed by atoms with Crippen molar-refractivity contribution in [2.24, 2.45) is 5.92 Å². The summed E-state index contributed by atoms with van der Waals surface area (Å²) in [4.78, 5) is 0. The summed E-state index contributed by atoms with van der Waals surface area (Å²) in [5.74, 6) is 1.68. The van der Waals surface area contributed by atoms with Crippen molar-refractivity contribution >= 4 is 15.9 Å². The van der Waals surface area contributed by atoms with Gasteiger partial charge in [-0.1, -0.05) is 35.8 Å². The van der Waals surface area contributed by atoms with Crippen molar-refractivity contribution in [3.8, 4) is 5.75 Å². The molecule has 108 valence electrons. The molecule has 0 spiro atoms. The van der Waals surface area contributed by atoms with Gasteiger partial charge < -0.3 is 10.1 Å². The second-order valence-corrected chi connectivity index (χ2v) is 6.10. The predicted octanol–water partition coefficient (Wildman–Crippen LogP) is 4.42. The molecule has 0 unspecified atom stereocenters. The van der Waals surface area contributed by atoms with Gasteiger partial charge >= 0.3 is 0 Å². The number of hydrogen-bond acceptors (Lipinski definition) is 2. The van der Waals surface area contributed by atoms with Crippen LogP contribution in [0.15, 0.2) is 22.7 Å². The lowest BCUT2D eigenvalue weighted by atomic mass is 10.1. The van der Waals surface area contributed by atoms with Gasteiger partial charge in [-0.05, 0) is 62.9 Å². The Morgan fingerprint density at radius 3 is 2.68 bits per heavy atom. The number of rotatable bonds is 9. The van der Waals surface area contributed by atoms with Crippen molar-refractivity contribution in [3.63, 3.8) is 0 Å². The highest BCUT2D eigenvalue weighted by Crippen LogP contribution is 2.24. The highest BCUT2D eigenvalue weighted by atomic mass is 79.9. The Labute approximate surface area is 126 Å². The van der Waals surface area contributed by atoms with Crippen LogP contribution in [-0.2, 0) is 6.42 Å². The molecule has 0 fully saturated rings. The zero-order chi connectivity index (χ0) is 14.1. The lowest BCUT2D eigenvalue weighted by Crippen LogP contribution is -2.20. The maximum Gasteiger partial charge on any atom is 0.120 e. The van der Waals surface area contributed by atoms with Crippen molar-refractivity contribution in [1.82, 2.24) is 5.32 Å². The van der Waals surface area contributed by atoms with Crippen LogP contribution in [0.2, 0.25) is 0 Å². The van der Waals surface area contributed by atoms with Crippen LogP contribution in [0, 0.1) is 5.92 Å². The van der Waals surface area contributed by atoms with Crippen LogP contribution < -0.4 is 10.1 Å². The van der Waals surface area contributed by atoms with E-state index in [2.05, 4.69) is 53.3 Å². The zero-order valence-electron chi connectivity index (χ0n) is 12.3. The number of halogens is 1. The van der Waals surface area contributed by atoms with Gasteiger partial charge in [-0.15, -0.1) is 0 Å². The van der Waals surface area contributed by atoms with E-state index in [0.717, 1.165) is 35.7 Å². The maximum absolute atomic E-state index is 5.48. The van der Waals surface area contributed by atoms with Crippen molar-refractivity contribution in [2.45, 2.75) is 40.0 Å². The van der Waals surface area contributed by atoms with Crippen molar-refractivity contribution in [2.75, 3.05) is 19.7 Å². The minimum atomic E-state index is 0.716. The van der Waals surface area contributed by atoms with Gasteiger partial charge in [0.1, 0.15) is 5.75 Å². The first-order chi connectivity index (χ1) is 9.13. The number of ether oxygens (including phenoxy) is 1. The summed E-state index contributed by atoms with van der Waals surface area (Å²) in [6.07, 6.45) is 3.57. The van der Waals surface area contributed by atoms with Gasteiger partial charge in [-0.25, -0.2) is 0 Å². The van der Waals surface area contributed by atoms with Crippen molar-refractivity contribution < 1.29 is 4.74 Å². The molecule has 0 aliphatic heterocycles. The fraction of sp³-hybridized carbons (Fsp3) is 0.625.